The maximum atomic E-state index is 5.75. The number of amidine groups is 1. The molecule has 5 nitrogen and oxygen atoms in total. The van der Waals surface area contributed by atoms with E-state index in [-0.39, 0.29) is 37.3 Å². The van der Waals surface area contributed by atoms with Gasteiger partial charge in [-0.05, 0) is 19.0 Å². The van der Waals surface area contributed by atoms with Crippen molar-refractivity contribution in [3.05, 3.63) is 35.9 Å². The number of benzene rings is 1. The van der Waals surface area contributed by atoms with Crippen molar-refractivity contribution >= 4 is 30.6 Å². The Balaban J connectivity index is 0.00000132. The first-order valence-electron chi connectivity index (χ1n) is 7.61. The zero-order valence-corrected chi connectivity index (χ0v) is 14.9. The van der Waals surface area contributed by atoms with Crippen LogP contribution in [-0.4, -0.2) is 56.5 Å². The van der Waals surface area contributed by atoms with Crippen molar-refractivity contribution in [2.45, 2.75) is 25.4 Å². The van der Waals surface area contributed by atoms with E-state index in [9.17, 15) is 0 Å². The Hall–Kier alpha value is -0.850. The summed E-state index contributed by atoms with van der Waals surface area (Å²) >= 11 is 0. The molecular weight excluding hydrogens is 337 g/mol. The van der Waals surface area contributed by atoms with Crippen LogP contribution < -0.4 is 5.32 Å². The summed E-state index contributed by atoms with van der Waals surface area (Å²) in [5.74, 6) is 1.18. The van der Waals surface area contributed by atoms with E-state index in [0.717, 1.165) is 32.5 Å². The molecule has 2 heterocycles. The predicted octanol–water partition coefficient (Wildman–Crippen LogP) is 2.10. The number of nitrogens with one attached hydrogen (secondary N) is 1. The van der Waals surface area contributed by atoms with Crippen LogP contribution in [0.15, 0.2) is 35.3 Å². The lowest BCUT2D eigenvalue weighted by Gasteiger charge is -2.23. The first-order chi connectivity index (χ1) is 10.3. The number of halogens is 2. The molecular formula is C16H25Cl2N3O2. The van der Waals surface area contributed by atoms with Gasteiger partial charge in [-0.25, -0.2) is 0 Å². The van der Waals surface area contributed by atoms with Gasteiger partial charge in [-0.2, -0.15) is 0 Å². The molecule has 1 saturated heterocycles. The largest absolute Gasteiger partial charge is 0.353 e. The Kier molecular flexibility index (Phi) is 8.87. The fourth-order valence-electron chi connectivity index (χ4n) is 2.75. The second-order valence-corrected chi connectivity index (χ2v) is 5.41. The first-order valence-corrected chi connectivity index (χ1v) is 7.61. The van der Waals surface area contributed by atoms with Gasteiger partial charge in [0.05, 0.1) is 25.5 Å². The molecule has 1 fully saturated rings. The minimum Gasteiger partial charge on any atom is -0.353 e. The molecule has 0 bridgehead atoms. The van der Waals surface area contributed by atoms with E-state index in [1.807, 2.05) is 7.05 Å². The van der Waals surface area contributed by atoms with Gasteiger partial charge in [0.25, 0.3) is 0 Å². The SMILES string of the molecule is CN[C@H]1CO[C@@H](CN2CCN=C2CCc2ccccc2)O1.Cl.Cl. The standard InChI is InChI=1S/C16H23N3O2.2ClH/c1-17-15-12-20-16(21-15)11-19-10-9-18-14(19)8-7-13-5-3-2-4-6-13;;/h2-6,15-17H,7-12H2,1H3;2*1H/t15-,16-;;/m1../s1. The van der Waals surface area contributed by atoms with Gasteiger partial charge >= 0.3 is 0 Å². The highest BCUT2D eigenvalue weighted by Gasteiger charge is 2.28. The summed E-state index contributed by atoms with van der Waals surface area (Å²) in [5, 5.41) is 3.08. The fraction of sp³-hybridized carbons (Fsp3) is 0.562. The van der Waals surface area contributed by atoms with Gasteiger partial charge in [0.1, 0.15) is 6.23 Å². The zero-order valence-electron chi connectivity index (χ0n) is 13.3. The van der Waals surface area contributed by atoms with Gasteiger partial charge in [-0.1, -0.05) is 30.3 Å². The smallest absolute Gasteiger partial charge is 0.177 e. The van der Waals surface area contributed by atoms with Crippen molar-refractivity contribution in [2.24, 2.45) is 4.99 Å². The van der Waals surface area contributed by atoms with Crippen LogP contribution in [0.1, 0.15) is 12.0 Å². The number of hydrogen-bond donors (Lipinski definition) is 1. The third-order valence-electron chi connectivity index (χ3n) is 3.95. The molecule has 1 aromatic rings. The molecule has 0 unspecified atom stereocenters. The third-order valence-corrected chi connectivity index (χ3v) is 3.95. The molecule has 1 N–H and O–H groups in total. The van der Waals surface area contributed by atoms with Crippen molar-refractivity contribution < 1.29 is 9.47 Å². The summed E-state index contributed by atoms with van der Waals surface area (Å²) in [6.07, 6.45) is 1.87. The van der Waals surface area contributed by atoms with Crippen LogP contribution in [0.3, 0.4) is 0 Å². The highest BCUT2D eigenvalue weighted by molar-refractivity contribution is 5.85. The van der Waals surface area contributed by atoms with Gasteiger partial charge in [-0.15, -0.1) is 24.8 Å². The minimum absolute atomic E-state index is 0. The molecule has 23 heavy (non-hydrogen) atoms. The second-order valence-electron chi connectivity index (χ2n) is 5.41. The Morgan fingerprint density at radius 3 is 2.70 bits per heavy atom. The molecule has 130 valence electrons. The van der Waals surface area contributed by atoms with Crippen molar-refractivity contribution in [3.63, 3.8) is 0 Å². The summed E-state index contributed by atoms with van der Waals surface area (Å²) in [6.45, 7) is 3.24. The highest BCUT2D eigenvalue weighted by atomic mass is 35.5. The minimum atomic E-state index is -0.150. The predicted molar refractivity (Wildman–Crippen MR) is 96.8 cm³/mol. The zero-order chi connectivity index (χ0) is 14.5. The van der Waals surface area contributed by atoms with Gasteiger partial charge in [-0.3, -0.25) is 10.3 Å². The van der Waals surface area contributed by atoms with Gasteiger partial charge in [0.15, 0.2) is 6.29 Å². The molecule has 0 radical (unpaired) electrons. The van der Waals surface area contributed by atoms with Crippen molar-refractivity contribution in [1.82, 2.24) is 10.2 Å². The summed E-state index contributed by atoms with van der Waals surface area (Å²) in [5.41, 5.74) is 1.36. The van der Waals surface area contributed by atoms with E-state index < -0.39 is 0 Å². The van der Waals surface area contributed by atoms with Gasteiger partial charge in [0, 0.05) is 13.0 Å². The Labute approximate surface area is 150 Å². The number of aliphatic imine (C=N–C) groups is 1. The molecule has 0 aromatic heterocycles. The lowest BCUT2D eigenvalue weighted by Crippen LogP contribution is -2.37. The molecule has 2 aliphatic heterocycles. The molecule has 3 rings (SSSR count). The monoisotopic (exact) mass is 361 g/mol. The summed E-state index contributed by atoms with van der Waals surface area (Å²) in [4.78, 5) is 6.93. The Morgan fingerprint density at radius 2 is 2.00 bits per heavy atom. The average Bonchev–Trinajstić information content (AvgIpc) is 3.16. The van der Waals surface area contributed by atoms with Crippen LogP contribution in [0.5, 0.6) is 0 Å². The third kappa shape index (κ3) is 5.62. The lowest BCUT2D eigenvalue weighted by molar-refractivity contribution is -0.0696. The first kappa shape index (κ1) is 20.2. The number of ether oxygens (including phenoxy) is 2. The quantitative estimate of drug-likeness (QED) is 0.842. The fourth-order valence-corrected chi connectivity index (χ4v) is 2.75. The maximum absolute atomic E-state index is 5.75. The van der Waals surface area contributed by atoms with Crippen LogP contribution >= 0.6 is 24.8 Å². The number of nitrogens with zero attached hydrogens (tertiary/aromatic N) is 2. The summed E-state index contributed by atoms with van der Waals surface area (Å²) < 4.78 is 11.4. The maximum Gasteiger partial charge on any atom is 0.177 e. The van der Waals surface area contributed by atoms with Crippen LogP contribution in [0.4, 0.5) is 0 Å². The van der Waals surface area contributed by atoms with E-state index in [4.69, 9.17) is 9.47 Å². The number of hydrogen-bond acceptors (Lipinski definition) is 5. The summed E-state index contributed by atoms with van der Waals surface area (Å²) in [6, 6.07) is 10.6. The molecule has 2 atom stereocenters. The molecule has 2 aliphatic rings. The van der Waals surface area contributed by atoms with E-state index in [1.54, 1.807) is 0 Å². The Morgan fingerprint density at radius 1 is 1.22 bits per heavy atom. The normalized spacial score (nSPS) is 23.2. The number of rotatable bonds is 6. The molecule has 0 spiro atoms. The van der Waals surface area contributed by atoms with Crippen LogP contribution in [-0.2, 0) is 15.9 Å². The van der Waals surface area contributed by atoms with Crippen molar-refractivity contribution in [1.29, 1.82) is 0 Å². The van der Waals surface area contributed by atoms with Crippen LogP contribution in [0.25, 0.3) is 0 Å². The molecule has 0 aliphatic carbocycles. The van der Waals surface area contributed by atoms with E-state index in [2.05, 4.69) is 45.5 Å². The second kappa shape index (κ2) is 10.1. The molecule has 0 saturated carbocycles. The summed E-state index contributed by atoms with van der Waals surface area (Å²) in [7, 11) is 1.89. The van der Waals surface area contributed by atoms with Gasteiger partial charge in [0.2, 0.25) is 0 Å². The van der Waals surface area contributed by atoms with Crippen LogP contribution in [0, 0.1) is 0 Å². The molecule has 7 heteroatoms. The lowest BCUT2D eigenvalue weighted by atomic mass is 10.1. The Bertz CT molecular complexity index is 487. The van der Waals surface area contributed by atoms with Crippen molar-refractivity contribution in [3.8, 4) is 0 Å². The van der Waals surface area contributed by atoms with E-state index in [1.165, 1.54) is 11.4 Å². The van der Waals surface area contributed by atoms with E-state index >= 15 is 0 Å². The topological polar surface area (TPSA) is 46.1 Å². The van der Waals surface area contributed by atoms with Crippen LogP contribution in [0.2, 0.25) is 0 Å². The van der Waals surface area contributed by atoms with E-state index in [0.29, 0.717) is 6.61 Å². The molecule has 0 amide bonds. The van der Waals surface area contributed by atoms with Crippen molar-refractivity contribution in [2.75, 3.05) is 33.3 Å². The number of likely N-dealkylation sites (N-methyl/N-ethyl adjacent to an activating group) is 1. The van der Waals surface area contributed by atoms with Gasteiger partial charge < -0.3 is 14.4 Å². The average molecular weight is 362 g/mol. The molecule has 1 aromatic carbocycles. The number of aryl methyl sites for hydroxylation is 1. The highest BCUT2D eigenvalue weighted by Crippen LogP contribution is 2.15.